The number of carbonyl (C=O) groups is 3. The van der Waals surface area contributed by atoms with Crippen LogP contribution in [0.5, 0.6) is 0 Å². The van der Waals surface area contributed by atoms with Gasteiger partial charge in [0.2, 0.25) is 5.91 Å². The van der Waals surface area contributed by atoms with Crippen LogP contribution in [0.15, 0.2) is 29.6 Å². The quantitative estimate of drug-likeness (QED) is 0.578. The minimum Gasteiger partial charge on any atom is -0.469 e. The van der Waals surface area contributed by atoms with Crippen LogP contribution >= 0.6 is 11.3 Å². The minimum absolute atomic E-state index is 0.0646. The molecule has 1 aromatic carbocycles. The Hall–Kier alpha value is -2.54. The van der Waals surface area contributed by atoms with Crippen LogP contribution in [0.3, 0.4) is 0 Å². The Bertz CT molecular complexity index is 753. The number of hydrogen-bond donors (Lipinski definition) is 1. The van der Waals surface area contributed by atoms with Crippen molar-refractivity contribution in [3.05, 3.63) is 46.5 Å². The SMILES string of the molecule is CCc1ccc(C(=O)CCC(=O)Nc2nc(CC(=O)OC)cs2)cc1. The third kappa shape index (κ3) is 5.79. The number of aryl methyl sites for hydroxylation is 1. The molecule has 0 atom stereocenters. The number of esters is 1. The lowest BCUT2D eigenvalue weighted by Crippen LogP contribution is -2.13. The first-order chi connectivity index (χ1) is 12.0. The summed E-state index contributed by atoms with van der Waals surface area (Å²) in [5.41, 5.74) is 2.32. The van der Waals surface area contributed by atoms with Crippen LogP contribution in [0.1, 0.15) is 41.4 Å². The van der Waals surface area contributed by atoms with E-state index >= 15 is 0 Å². The molecular weight excluding hydrogens is 340 g/mol. The van der Waals surface area contributed by atoms with Crippen LogP contribution in [-0.4, -0.2) is 29.8 Å². The maximum Gasteiger partial charge on any atom is 0.311 e. The zero-order valence-electron chi connectivity index (χ0n) is 14.2. The highest BCUT2D eigenvalue weighted by Gasteiger charge is 2.12. The van der Waals surface area contributed by atoms with Crippen molar-refractivity contribution in [1.82, 2.24) is 4.98 Å². The number of aromatic nitrogens is 1. The lowest BCUT2D eigenvalue weighted by molar-refractivity contribution is -0.139. The van der Waals surface area contributed by atoms with E-state index in [1.165, 1.54) is 24.0 Å². The molecule has 0 radical (unpaired) electrons. The molecule has 0 bridgehead atoms. The van der Waals surface area contributed by atoms with Crippen LogP contribution < -0.4 is 5.32 Å². The van der Waals surface area contributed by atoms with Crippen molar-refractivity contribution in [2.24, 2.45) is 0 Å². The van der Waals surface area contributed by atoms with E-state index < -0.39 is 0 Å². The van der Waals surface area contributed by atoms with E-state index in [9.17, 15) is 14.4 Å². The molecule has 1 aromatic heterocycles. The second-order valence-corrected chi connectivity index (χ2v) is 6.28. The maximum absolute atomic E-state index is 12.1. The first-order valence-corrected chi connectivity index (χ1v) is 8.83. The monoisotopic (exact) mass is 360 g/mol. The average molecular weight is 360 g/mol. The fourth-order valence-electron chi connectivity index (χ4n) is 2.15. The molecule has 0 fully saturated rings. The molecule has 1 heterocycles. The zero-order chi connectivity index (χ0) is 18.2. The number of Topliss-reactive ketones (excluding diaryl/α,β-unsaturated/α-hetero) is 1. The second kappa shape index (κ2) is 9.08. The van der Waals surface area contributed by atoms with Crippen molar-refractivity contribution in [2.75, 3.05) is 12.4 Å². The number of ether oxygens (including phenoxy) is 1. The molecule has 6 nitrogen and oxygen atoms in total. The van der Waals surface area contributed by atoms with Crippen LogP contribution in [0.25, 0.3) is 0 Å². The number of amides is 1. The largest absolute Gasteiger partial charge is 0.469 e. The van der Waals surface area contributed by atoms with Crippen LogP contribution in [-0.2, 0) is 27.2 Å². The molecule has 2 aromatic rings. The van der Waals surface area contributed by atoms with Gasteiger partial charge < -0.3 is 10.1 Å². The third-order valence-electron chi connectivity index (χ3n) is 3.61. The van der Waals surface area contributed by atoms with Gasteiger partial charge >= 0.3 is 5.97 Å². The number of carbonyl (C=O) groups excluding carboxylic acids is 3. The molecule has 0 aliphatic carbocycles. The molecule has 132 valence electrons. The summed E-state index contributed by atoms with van der Waals surface area (Å²) in [7, 11) is 1.31. The number of hydrogen-bond acceptors (Lipinski definition) is 6. The van der Waals surface area contributed by atoms with Crippen molar-refractivity contribution in [2.45, 2.75) is 32.6 Å². The van der Waals surface area contributed by atoms with Gasteiger partial charge in [-0.15, -0.1) is 11.3 Å². The summed E-state index contributed by atoms with van der Waals surface area (Å²) in [4.78, 5) is 39.4. The highest BCUT2D eigenvalue weighted by atomic mass is 32.1. The maximum atomic E-state index is 12.1. The number of rotatable bonds is 8. The van der Waals surface area contributed by atoms with Gasteiger partial charge in [-0.2, -0.15) is 0 Å². The van der Waals surface area contributed by atoms with Gasteiger partial charge in [-0.1, -0.05) is 31.2 Å². The van der Waals surface area contributed by atoms with Crippen molar-refractivity contribution in [3.63, 3.8) is 0 Å². The lowest BCUT2D eigenvalue weighted by Gasteiger charge is -2.03. The van der Waals surface area contributed by atoms with E-state index in [1.54, 1.807) is 17.5 Å². The number of benzene rings is 1. The van der Waals surface area contributed by atoms with Gasteiger partial charge in [-0.05, 0) is 12.0 Å². The molecule has 0 aliphatic heterocycles. The normalized spacial score (nSPS) is 10.3. The molecule has 0 spiro atoms. The third-order valence-corrected chi connectivity index (χ3v) is 4.42. The van der Waals surface area contributed by atoms with E-state index in [1.807, 2.05) is 12.1 Å². The van der Waals surface area contributed by atoms with Gasteiger partial charge in [0.25, 0.3) is 0 Å². The van der Waals surface area contributed by atoms with Crippen LogP contribution in [0.2, 0.25) is 0 Å². The summed E-state index contributed by atoms with van der Waals surface area (Å²) in [6.07, 6.45) is 1.20. The summed E-state index contributed by atoms with van der Waals surface area (Å²) in [5, 5.41) is 4.74. The second-order valence-electron chi connectivity index (χ2n) is 5.42. The summed E-state index contributed by atoms with van der Waals surface area (Å²) in [6, 6.07) is 7.43. The Morgan fingerprint density at radius 1 is 1.16 bits per heavy atom. The molecule has 1 amide bonds. The van der Waals surface area contributed by atoms with Crippen molar-refractivity contribution in [3.8, 4) is 0 Å². The van der Waals surface area contributed by atoms with E-state index in [4.69, 9.17) is 0 Å². The molecule has 2 rings (SSSR count). The number of nitrogens with one attached hydrogen (secondary N) is 1. The van der Waals surface area contributed by atoms with Gasteiger partial charge in [-0.3, -0.25) is 14.4 Å². The van der Waals surface area contributed by atoms with Gasteiger partial charge in [0, 0.05) is 23.8 Å². The molecule has 0 aliphatic rings. The Morgan fingerprint density at radius 2 is 1.88 bits per heavy atom. The Balaban J connectivity index is 1.81. The van der Waals surface area contributed by atoms with E-state index in [-0.39, 0.29) is 36.9 Å². The highest BCUT2D eigenvalue weighted by Crippen LogP contribution is 2.17. The molecule has 25 heavy (non-hydrogen) atoms. The predicted octanol–water partition coefficient (Wildman–Crippen LogP) is 3.02. The van der Waals surface area contributed by atoms with Crippen molar-refractivity contribution >= 4 is 34.1 Å². The summed E-state index contributed by atoms with van der Waals surface area (Å²) < 4.78 is 4.57. The molecule has 1 N–H and O–H groups in total. The van der Waals surface area contributed by atoms with Gasteiger partial charge in [0.05, 0.1) is 19.2 Å². The van der Waals surface area contributed by atoms with Gasteiger partial charge in [0.1, 0.15) is 0 Å². The fourth-order valence-corrected chi connectivity index (χ4v) is 2.87. The van der Waals surface area contributed by atoms with Gasteiger partial charge in [-0.25, -0.2) is 4.98 Å². The Morgan fingerprint density at radius 3 is 2.52 bits per heavy atom. The summed E-state index contributed by atoms with van der Waals surface area (Å²) >= 11 is 1.23. The molecule has 0 unspecified atom stereocenters. The standard InChI is InChI=1S/C18H20N2O4S/c1-3-12-4-6-13(7-5-12)15(21)8-9-16(22)20-18-19-14(11-25-18)10-17(23)24-2/h4-7,11H,3,8-10H2,1-2H3,(H,19,20,22). The van der Waals surface area contributed by atoms with E-state index in [2.05, 4.69) is 22.0 Å². The fraction of sp³-hybridized carbons (Fsp3) is 0.333. The Labute approximate surface area is 150 Å². The Kier molecular flexibility index (Phi) is 6.82. The number of nitrogens with zero attached hydrogens (tertiary/aromatic N) is 1. The minimum atomic E-state index is -0.386. The summed E-state index contributed by atoms with van der Waals surface area (Å²) in [6.45, 7) is 2.05. The first kappa shape index (κ1) is 18.8. The van der Waals surface area contributed by atoms with E-state index in [0.717, 1.165) is 6.42 Å². The number of thiazole rings is 1. The predicted molar refractivity (Wildman–Crippen MR) is 95.8 cm³/mol. The first-order valence-electron chi connectivity index (χ1n) is 7.95. The van der Waals surface area contributed by atoms with Crippen molar-refractivity contribution in [1.29, 1.82) is 0 Å². The number of methoxy groups -OCH3 is 1. The molecular formula is C18H20N2O4S. The lowest BCUT2D eigenvalue weighted by atomic mass is 10.0. The van der Waals surface area contributed by atoms with Crippen LogP contribution in [0.4, 0.5) is 5.13 Å². The zero-order valence-corrected chi connectivity index (χ0v) is 15.0. The smallest absolute Gasteiger partial charge is 0.311 e. The summed E-state index contributed by atoms with van der Waals surface area (Å²) in [5.74, 6) is -0.733. The number of ketones is 1. The molecule has 7 heteroatoms. The number of anilines is 1. The molecule has 0 saturated carbocycles. The van der Waals surface area contributed by atoms with E-state index in [0.29, 0.717) is 16.4 Å². The highest BCUT2D eigenvalue weighted by molar-refractivity contribution is 7.13. The van der Waals surface area contributed by atoms with Crippen molar-refractivity contribution < 1.29 is 19.1 Å². The average Bonchev–Trinajstić information content (AvgIpc) is 3.06. The van der Waals surface area contributed by atoms with Gasteiger partial charge in [0.15, 0.2) is 10.9 Å². The topological polar surface area (TPSA) is 85.4 Å². The van der Waals surface area contributed by atoms with Crippen LogP contribution in [0, 0.1) is 0 Å². The molecule has 0 saturated heterocycles.